The van der Waals surface area contributed by atoms with Gasteiger partial charge in [0.2, 0.25) is 0 Å². The lowest BCUT2D eigenvalue weighted by atomic mass is 9.93. The van der Waals surface area contributed by atoms with E-state index in [0.29, 0.717) is 6.54 Å². The van der Waals surface area contributed by atoms with Crippen LogP contribution in [0.5, 0.6) is 0 Å². The second kappa shape index (κ2) is 8.75. The average molecular weight is 337 g/mol. The van der Waals surface area contributed by atoms with Crippen molar-refractivity contribution in [1.29, 1.82) is 0 Å². The summed E-state index contributed by atoms with van der Waals surface area (Å²) in [5.74, 6) is 0.746. The quantitative estimate of drug-likeness (QED) is 0.876. The van der Waals surface area contributed by atoms with Crippen molar-refractivity contribution in [2.24, 2.45) is 5.92 Å². The van der Waals surface area contributed by atoms with Crippen LogP contribution in [0.15, 0.2) is 24.3 Å². The predicted molar refractivity (Wildman–Crippen MR) is 85.2 cm³/mol. The summed E-state index contributed by atoms with van der Waals surface area (Å²) >= 11 is 0. The first-order valence-corrected chi connectivity index (χ1v) is 7.52. The minimum atomic E-state index is -4.25. The number of halogens is 4. The zero-order valence-electron chi connectivity index (χ0n) is 12.8. The van der Waals surface area contributed by atoms with Crippen molar-refractivity contribution in [2.45, 2.75) is 32.0 Å². The minimum absolute atomic E-state index is 0. The Balaban J connectivity index is 0.00000242. The van der Waals surface area contributed by atoms with Gasteiger partial charge in [0.05, 0.1) is 5.56 Å². The van der Waals surface area contributed by atoms with E-state index in [1.165, 1.54) is 18.6 Å². The molecule has 126 valence electrons. The minimum Gasteiger partial charge on any atom is -0.320 e. The molecule has 0 saturated carbocycles. The molecule has 1 N–H and O–H groups in total. The van der Waals surface area contributed by atoms with Crippen LogP contribution >= 0.6 is 12.4 Å². The maximum absolute atomic E-state index is 12.7. The first kappa shape index (κ1) is 19.3. The summed E-state index contributed by atoms with van der Waals surface area (Å²) in [4.78, 5) is 2.26. The van der Waals surface area contributed by atoms with Crippen molar-refractivity contribution >= 4 is 12.4 Å². The van der Waals surface area contributed by atoms with Gasteiger partial charge in [-0.2, -0.15) is 13.2 Å². The van der Waals surface area contributed by atoms with E-state index in [9.17, 15) is 13.2 Å². The number of alkyl halides is 3. The maximum Gasteiger partial charge on any atom is 0.416 e. The van der Waals surface area contributed by atoms with Crippen LogP contribution in [0, 0.1) is 5.92 Å². The highest BCUT2D eigenvalue weighted by Crippen LogP contribution is 2.30. The largest absolute Gasteiger partial charge is 0.416 e. The summed E-state index contributed by atoms with van der Waals surface area (Å²) in [7, 11) is 1.96. The Hall–Kier alpha value is -0.780. The Kier molecular flexibility index (Phi) is 7.66. The molecule has 1 aliphatic rings. The molecule has 0 radical (unpaired) electrons. The number of likely N-dealkylation sites (tertiary alicyclic amines) is 1. The Bertz CT molecular complexity index is 443. The fourth-order valence-electron chi connectivity index (χ4n) is 2.89. The molecule has 1 saturated heterocycles. The van der Waals surface area contributed by atoms with Crippen molar-refractivity contribution in [3.63, 3.8) is 0 Å². The Morgan fingerprint density at radius 1 is 1.23 bits per heavy atom. The molecule has 6 heteroatoms. The van der Waals surface area contributed by atoms with Gasteiger partial charge in [-0.1, -0.05) is 18.2 Å². The highest BCUT2D eigenvalue weighted by molar-refractivity contribution is 5.85. The maximum atomic E-state index is 12.7. The van der Waals surface area contributed by atoms with Gasteiger partial charge in [0.1, 0.15) is 0 Å². The topological polar surface area (TPSA) is 15.3 Å². The summed E-state index contributed by atoms with van der Waals surface area (Å²) in [6.07, 6.45) is -0.786. The standard InChI is InChI=1S/C16H23F3N2.ClH/c1-20-8-5-13-6-9-21(10-7-13)12-14-3-2-4-15(11-14)16(17,18)19;/h2-4,11,13,20H,5-10,12H2,1H3;1H. The Morgan fingerprint density at radius 2 is 1.91 bits per heavy atom. The third-order valence-corrected chi connectivity index (χ3v) is 4.17. The molecular weight excluding hydrogens is 313 g/mol. The first-order chi connectivity index (χ1) is 9.99. The van der Waals surface area contributed by atoms with Gasteiger partial charge < -0.3 is 5.32 Å². The molecule has 0 aromatic heterocycles. The Labute approximate surface area is 136 Å². The number of rotatable bonds is 5. The number of piperidine rings is 1. The number of benzene rings is 1. The van der Waals surface area contributed by atoms with Crippen LogP contribution in [0.4, 0.5) is 13.2 Å². The van der Waals surface area contributed by atoms with Crippen LogP contribution < -0.4 is 5.32 Å². The molecule has 0 spiro atoms. The summed E-state index contributed by atoms with van der Waals surface area (Å²) in [5.41, 5.74) is 0.197. The first-order valence-electron chi connectivity index (χ1n) is 7.52. The van der Waals surface area contributed by atoms with E-state index >= 15 is 0 Å². The second-order valence-corrected chi connectivity index (χ2v) is 5.81. The van der Waals surface area contributed by atoms with Crippen LogP contribution in [-0.2, 0) is 12.7 Å². The number of nitrogens with one attached hydrogen (secondary N) is 1. The highest BCUT2D eigenvalue weighted by atomic mass is 35.5. The van der Waals surface area contributed by atoms with Crippen molar-refractivity contribution in [3.8, 4) is 0 Å². The van der Waals surface area contributed by atoms with Crippen LogP contribution in [0.25, 0.3) is 0 Å². The van der Waals surface area contributed by atoms with E-state index in [-0.39, 0.29) is 12.4 Å². The highest BCUT2D eigenvalue weighted by Gasteiger charge is 2.30. The van der Waals surface area contributed by atoms with Gasteiger partial charge in [-0.05, 0) is 63.5 Å². The molecular formula is C16H24ClF3N2. The van der Waals surface area contributed by atoms with E-state index in [1.807, 2.05) is 7.05 Å². The van der Waals surface area contributed by atoms with Gasteiger partial charge in [0.25, 0.3) is 0 Å². The zero-order valence-corrected chi connectivity index (χ0v) is 13.6. The molecule has 0 atom stereocenters. The lowest BCUT2D eigenvalue weighted by molar-refractivity contribution is -0.137. The fourth-order valence-corrected chi connectivity index (χ4v) is 2.89. The van der Waals surface area contributed by atoms with E-state index < -0.39 is 11.7 Å². The van der Waals surface area contributed by atoms with Gasteiger partial charge in [0.15, 0.2) is 0 Å². The molecule has 0 aliphatic carbocycles. The molecule has 22 heavy (non-hydrogen) atoms. The predicted octanol–water partition coefficient (Wildman–Crippen LogP) is 3.95. The summed E-state index contributed by atoms with van der Waals surface area (Å²) in [5, 5.41) is 3.17. The van der Waals surface area contributed by atoms with E-state index in [1.54, 1.807) is 6.07 Å². The smallest absolute Gasteiger partial charge is 0.320 e. The number of nitrogens with zero attached hydrogens (tertiary/aromatic N) is 1. The molecule has 2 rings (SSSR count). The molecule has 0 unspecified atom stereocenters. The summed E-state index contributed by atoms with van der Waals surface area (Å²) in [6.45, 7) is 3.61. The van der Waals surface area contributed by atoms with Crippen molar-refractivity contribution < 1.29 is 13.2 Å². The van der Waals surface area contributed by atoms with Gasteiger partial charge >= 0.3 is 6.18 Å². The zero-order chi connectivity index (χ0) is 15.3. The van der Waals surface area contributed by atoms with Crippen LogP contribution in [0.1, 0.15) is 30.4 Å². The fraction of sp³-hybridized carbons (Fsp3) is 0.625. The monoisotopic (exact) mass is 336 g/mol. The molecule has 1 heterocycles. The summed E-state index contributed by atoms with van der Waals surface area (Å²) < 4.78 is 38.1. The third kappa shape index (κ3) is 5.78. The van der Waals surface area contributed by atoms with Crippen LogP contribution in [-0.4, -0.2) is 31.6 Å². The third-order valence-electron chi connectivity index (χ3n) is 4.17. The van der Waals surface area contributed by atoms with Crippen molar-refractivity contribution in [1.82, 2.24) is 10.2 Å². The van der Waals surface area contributed by atoms with Crippen LogP contribution in [0.2, 0.25) is 0 Å². The number of hydrogen-bond donors (Lipinski definition) is 1. The summed E-state index contributed by atoms with van der Waals surface area (Å²) in [6, 6.07) is 5.68. The Morgan fingerprint density at radius 3 is 2.50 bits per heavy atom. The van der Waals surface area contributed by atoms with E-state index in [2.05, 4.69) is 10.2 Å². The molecule has 0 amide bonds. The van der Waals surface area contributed by atoms with Crippen LogP contribution in [0.3, 0.4) is 0 Å². The van der Waals surface area contributed by atoms with E-state index in [0.717, 1.165) is 50.0 Å². The second-order valence-electron chi connectivity index (χ2n) is 5.81. The van der Waals surface area contributed by atoms with Crippen molar-refractivity contribution in [2.75, 3.05) is 26.7 Å². The van der Waals surface area contributed by atoms with Gasteiger partial charge in [0, 0.05) is 6.54 Å². The molecule has 1 aromatic rings. The lowest BCUT2D eigenvalue weighted by Gasteiger charge is -2.32. The van der Waals surface area contributed by atoms with Crippen molar-refractivity contribution in [3.05, 3.63) is 35.4 Å². The lowest BCUT2D eigenvalue weighted by Crippen LogP contribution is -2.34. The SMILES string of the molecule is CNCCC1CCN(Cc2cccc(C(F)(F)F)c2)CC1.Cl. The number of hydrogen-bond acceptors (Lipinski definition) is 2. The molecule has 1 fully saturated rings. The normalized spacial score (nSPS) is 17.3. The van der Waals surface area contributed by atoms with Gasteiger partial charge in [-0.25, -0.2) is 0 Å². The van der Waals surface area contributed by atoms with Gasteiger partial charge in [-0.3, -0.25) is 4.90 Å². The molecule has 0 bridgehead atoms. The van der Waals surface area contributed by atoms with E-state index in [4.69, 9.17) is 0 Å². The molecule has 2 nitrogen and oxygen atoms in total. The molecule has 1 aliphatic heterocycles. The van der Waals surface area contributed by atoms with Gasteiger partial charge in [-0.15, -0.1) is 12.4 Å². The molecule has 1 aromatic carbocycles. The average Bonchev–Trinajstić information content (AvgIpc) is 2.46.